The number of nitrogens with one attached hydrogen (secondary N) is 1. The van der Waals surface area contributed by atoms with E-state index < -0.39 is 0 Å². The van der Waals surface area contributed by atoms with Crippen molar-refractivity contribution in [1.29, 1.82) is 0 Å². The van der Waals surface area contributed by atoms with Crippen LogP contribution in [0.4, 0.5) is 16.0 Å². The number of hydrogen-bond donors (Lipinski definition) is 1. The van der Waals surface area contributed by atoms with E-state index in [0.29, 0.717) is 28.9 Å². The number of para-hydroxylation sites is 1. The quantitative estimate of drug-likeness (QED) is 0.616. The summed E-state index contributed by atoms with van der Waals surface area (Å²) in [5.74, 6) is 1.94. The summed E-state index contributed by atoms with van der Waals surface area (Å²) in [4.78, 5) is 11.3. The number of nitrogens with zero attached hydrogens (tertiary/aromatic N) is 3. The molecular weight excluding hydrogens is 399 g/mol. The van der Waals surface area contributed by atoms with Gasteiger partial charge >= 0.3 is 0 Å². The first-order chi connectivity index (χ1) is 15.1. The Bertz CT molecular complexity index is 1050. The zero-order chi connectivity index (χ0) is 21.8. The van der Waals surface area contributed by atoms with Crippen molar-refractivity contribution in [3.05, 3.63) is 65.2 Å². The van der Waals surface area contributed by atoms with Crippen molar-refractivity contribution in [2.45, 2.75) is 19.5 Å². The monoisotopic (exact) mass is 424 g/mol. The molecule has 1 aromatic heterocycles. The Kier molecular flexibility index (Phi) is 6.18. The number of anilines is 2. The summed E-state index contributed by atoms with van der Waals surface area (Å²) in [6.07, 6.45) is 2.60. The largest absolute Gasteiger partial charge is 0.493 e. The molecule has 2 aromatic carbocycles. The highest BCUT2D eigenvalue weighted by Crippen LogP contribution is 2.38. The smallest absolute Gasteiger partial charge is 0.227 e. The molecule has 2 heterocycles. The lowest BCUT2D eigenvalue weighted by Crippen LogP contribution is -2.31. The Hall–Kier alpha value is -3.39. The molecule has 8 heteroatoms. The van der Waals surface area contributed by atoms with Gasteiger partial charge in [-0.05, 0) is 29.8 Å². The van der Waals surface area contributed by atoms with E-state index in [9.17, 15) is 4.39 Å². The van der Waals surface area contributed by atoms with Crippen LogP contribution >= 0.6 is 0 Å². The van der Waals surface area contributed by atoms with E-state index in [1.54, 1.807) is 39.5 Å². The second-order valence-electron chi connectivity index (χ2n) is 7.26. The van der Waals surface area contributed by atoms with Crippen LogP contribution in [-0.4, -0.2) is 42.7 Å². The van der Waals surface area contributed by atoms with Crippen molar-refractivity contribution in [1.82, 2.24) is 14.9 Å². The highest BCUT2D eigenvalue weighted by Gasteiger charge is 2.21. The molecule has 0 bridgehead atoms. The van der Waals surface area contributed by atoms with Crippen LogP contribution in [0.25, 0.3) is 0 Å². The number of benzene rings is 2. The lowest BCUT2D eigenvalue weighted by molar-refractivity contribution is 0.241. The summed E-state index contributed by atoms with van der Waals surface area (Å²) in [6, 6.07) is 10.4. The van der Waals surface area contributed by atoms with Crippen molar-refractivity contribution in [3.63, 3.8) is 0 Å². The third-order valence-electron chi connectivity index (χ3n) is 5.26. The Morgan fingerprint density at radius 2 is 1.81 bits per heavy atom. The summed E-state index contributed by atoms with van der Waals surface area (Å²) in [7, 11) is 4.82. The van der Waals surface area contributed by atoms with Gasteiger partial charge in [-0.15, -0.1) is 0 Å². The van der Waals surface area contributed by atoms with Crippen LogP contribution in [0, 0.1) is 5.82 Å². The predicted octanol–water partition coefficient (Wildman–Crippen LogP) is 3.94. The SMILES string of the molecule is COc1cc(CN2CCc3nc(Nc4ccccc4F)ncc3C2)cc(OC)c1OC. The van der Waals surface area contributed by atoms with E-state index in [-0.39, 0.29) is 5.82 Å². The van der Waals surface area contributed by atoms with Gasteiger partial charge in [0.15, 0.2) is 11.5 Å². The van der Waals surface area contributed by atoms with Crippen molar-refractivity contribution >= 4 is 11.6 Å². The summed E-state index contributed by atoms with van der Waals surface area (Å²) >= 11 is 0. The minimum absolute atomic E-state index is 0.333. The van der Waals surface area contributed by atoms with Gasteiger partial charge in [0.25, 0.3) is 0 Å². The topological polar surface area (TPSA) is 68.7 Å². The highest BCUT2D eigenvalue weighted by molar-refractivity contribution is 5.55. The fourth-order valence-corrected chi connectivity index (χ4v) is 3.74. The van der Waals surface area contributed by atoms with Gasteiger partial charge in [0.2, 0.25) is 11.7 Å². The van der Waals surface area contributed by atoms with Crippen molar-refractivity contribution in [2.75, 3.05) is 33.2 Å². The number of hydrogen-bond acceptors (Lipinski definition) is 7. The molecule has 1 aliphatic heterocycles. The van der Waals surface area contributed by atoms with Gasteiger partial charge in [0.1, 0.15) is 5.82 Å². The number of aromatic nitrogens is 2. The first-order valence-electron chi connectivity index (χ1n) is 9.99. The van der Waals surface area contributed by atoms with E-state index in [1.807, 2.05) is 18.3 Å². The maximum atomic E-state index is 13.9. The molecule has 0 radical (unpaired) electrons. The van der Waals surface area contributed by atoms with Gasteiger partial charge in [-0.3, -0.25) is 4.90 Å². The normalized spacial score (nSPS) is 13.4. The molecule has 3 aromatic rings. The Labute approximate surface area is 180 Å². The number of rotatable bonds is 7. The lowest BCUT2D eigenvalue weighted by atomic mass is 10.1. The summed E-state index contributed by atoms with van der Waals surface area (Å²) in [5.41, 5.74) is 3.48. The maximum absolute atomic E-state index is 13.9. The Morgan fingerprint density at radius 1 is 1.06 bits per heavy atom. The summed E-state index contributed by atoms with van der Waals surface area (Å²) in [5, 5.41) is 2.96. The lowest BCUT2D eigenvalue weighted by Gasteiger charge is -2.28. The minimum Gasteiger partial charge on any atom is -0.493 e. The van der Waals surface area contributed by atoms with Crippen molar-refractivity contribution in [2.24, 2.45) is 0 Å². The maximum Gasteiger partial charge on any atom is 0.227 e. The average molecular weight is 424 g/mol. The van der Waals surface area contributed by atoms with E-state index in [2.05, 4.69) is 20.2 Å². The zero-order valence-corrected chi connectivity index (χ0v) is 17.8. The van der Waals surface area contributed by atoms with Gasteiger partial charge in [-0.25, -0.2) is 14.4 Å². The molecule has 0 atom stereocenters. The van der Waals surface area contributed by atoms with Crippen LogP contribution in [0.3, 0.4) is 0 Å². The summed E-state index contributed by atoms with van der Waals surface area (Å²) in [6.45, 7) is 2.30. The third kappa shape index (κ3) is 4.54. The Balaban J connectivity index is 1.48. The molecule has 162 valence electrons. The standard InChI is InChI=1S/C23H25FN4O3/c1-29-20-10-15(11-21(30-2)22(20)31-3)13-28-9-8-18-16(14-28)12-25-23(26-18)27-19-7-5-4-6-17(19)24/h4-7,10-12H,8-9,13-14H2,1-3H3,(H,25,26,27). The molecule has 0 saturated carbocycles. The molecule has 31 heavy (non-hydrogen) atoms. The fourth-order valence-electron chi connectivity index (χ4n) is 3.74. The first-order valence-corrected chi connectivity index (χ1v) is 9.99. The second kappa shape index (κ2) is 9.18. The molecule has 0 fully saturated rings. The number of methoxy groups -OCH3 is 3. The average Bonchev–Trinajstić information content (AvgIpc) is 2.80. The molecule has 0 aliphatic carbocycles. The van der Waals surface area contributed by atoms with Gasteiger partial charge in [0.05, 0.1) is 32.7 Å². The molecular formula is C23H25FN4O3. The molecule has 1 aliphatic rings. The van der Waals surface area contributed by atoms with E-state index in [0.717, 1.165) is 42.9 Å². The van der Waals surface area contributed by atoms with Crippen LogP contribution in [-0.2, 0) is 19.5 Å². The van der Waals surface area contributed by atoms with Crippen LogP contribution < -0.4 is 19.5 Å². The van der Waals surface area contributed by atoms with Gasteiger partial charge in [-0.2, -0.15) is 0 Å². The number of ether oxygens (including phenoxy) is 3. The minimum atomic E-state index is -0.333. The molecule has 7 nitrogen and oxygen atoms in total. The molecule has 0 unspecified atom stereocenters. The molecule has 0 amide bonds. The van der Waals surface area contributed by atoms with Crippen molar-refractivity contribution < 1.29 is 18.6 Å². The highest BCUT2D eigenvalue weighted by atomic mass is 19.1. The first kappa shape index (κ1) is 20.9. The summed E-state index contributed by atoms with van der Waals surface area (Å²) < 4.78 is 30.2. The van der Waals surface area contributed by atoms with E-state index in [1.165, 1.54) is 6.07 Å². The molecule has 0 saturated heterocycles. The third-order valence-corrected chi connectivity index (χ3v) is 5.26. The molecule has 1 N–H and O–H groups in total. The van der Waals surface area contributed by atoms with Crippen LogP contribution in [0.5, 0.6) is 17.2 Å². The number of halogens is 1. The molecule has 0 spiro atoms. The van der Waals surface area contributed by atoms with E-state index in [4.69, 9.17) is 14.2 Å². The Morgan fingerprint density at radius 3 is 2.48 bits per heavy atom. The van der Waals surface area contributed by atoms with Crippen LogP contribution in [0.2, 0.25) is 0 Å². The van der Waals surface area contributed by atoms with Crippen LogP contribution in [0.15, 0.2) is 42.6 Å². The van der Waals surface area contributed by atoms with Gasteiger partial charge in [-0.1, -0.05) is 12.1 Å². The second-order valence-corrected chi connectivity index (χ2v) is 7.26. The fraction of sp³-hybridized carbons (Fsp3) is 0.304. The zero-order valence-electron chi connectivity index (χ0n) is 17.8. The number of fused-ring (bicyclic) bond motifs is 1. The van der Waals surface area contributed by atoms with Crippen molar-refractivity contribution in [3.8, 4) is 17.2 Å². The van der Waals surface area contributed by atoms with Crippen LogP contribution in [0.1, 0.15) is 16.8 Å². The van der Waals surface area contributed by atoms with Gasteiger partial charge in [0, 0.05) is 37.8 Å². The molecule has 4 rings (SSSR count). The predicted molar refractivity (Wildman–Crippen MR) is 116 cm³/mol. The van der Waals surface area contributed by atoms with Gasteiger partial charge < -0.3 is 19.5 Å². The van der Waals surface area contributed by atoms with E-state index >= 15 is 0 Å².